The second-order valence-electron chi connectivity index (χ2n) is 14.2. The van der Waals surface area contributed by atoms with Crippen LogP contribution < -0.4 is 0 Å². The summed E-state index contributed by atoms with van der Waals surface area (Å²) in [6.45, 7) is 13.5. The Labute approximate surface area is 245 Å². The van der Waals surface area contributed by atoms with Crippen molar-refractivity contribution in [1.29, 1.82) is 0 Å². The lowest BCUT2D eigenvalue weighted by Gasteiger charge is -2.23. The van der Waals surface area contributed by atoms with Crippen LogP contribution in [0.15, 0.2) is 84.9 Å². The van der Waals surface area contributed by atoms with Crippen molar-refractivity contribution in [3.8, 4) is 22.6 Å². The summed E-state index contributed by atoms with van der Waals surface area (Å²) >= 11 is 0. The fourth-order valence-corrected chi connectivity index (χ4v) is 7.15. The lowest BCUT2D eigenvalue weighted by atomic mass is 9.81. The zero-order valence-electron chi connectivity index (χ0n) is 25.0. The summed E-state index contributed by atoms with van der Waals surface area (Å²) in [4.78, 5) is 0. The van der Waals surface area contributed by atoms with Gasteiger partial charge in [0.25, 0.3) is 0 Å². The summed E-state index contributed by atoms with van der Waals surface area (Å²) in [5.74, 6) is 0.355. The van der Waals surface area contributed by atoms with E-state index in [1.54, 1.807) is 0 Å². The van der Waals surface area contributed by atoms with E-state index in [-0.39, 0.29) is 22.3 Å². The molecule has 0 saturated heterocycles. The van der Waals surface area contributed by atoms with Crippen LogP contribution in [0, 0.1) is 0 Å². The second-order valence-corrected chi connectivity index (χ2v) is 14.2. The quantitative estimate of drug-likeness (QED) is 0.201. The summed E-state index contributed by atoms with van der Waals surface area (Å²) in [5, 5.41) is 36.6. The van der Waals surface area contributed by atoms with Gasteiger partial charge in [-0.25, -0.2) is 0 Å². The van der Waals surface area contributed by atoms with Crippen molar-refractivity contribution < 1.29 is 10.2 Å². The van der Waals surface area contributed by atoms with Crippen LogP contribution in [0.4, 0.5) is 0 Å². The molecule has 0 bridgehead atoms. The van der Waals surface area contributed by atoms with E-state index >= 15 is 0 Å². The summed E-state index contributed by atoms with van der Waals surface area (Å²) in [6.07, 6.45) is 0. The molecule has 2 heteroatoms. The van der Waals surface area contributed by atoms with Gasteiger partial charge >= 0.3 is 0 Å². The fraction of sp³-hybridized carbons (Fsp3) is 0.200. The first-order valence-electron chi connectivity index (χ1n) is 14.8. The van der Waals surface area contributed by atoms with Crippen LogP contribution in [0.1, 0.15) is 52.7 Å². The van der Waals surface area contributed by atoms with Gasteiger partial charge in [0.05, 0.1) is 0 Å². The van der Waals surface area contributed by atoms with Gasteiger partial charge in [-0.2, -0.15) is 0 Å². The second kappa shape index (κ2) is 8.04. The standard InChI is InChI=1S/C40H34O2/c1-39(2,3)27-15-21-7-9-25-19-31(41)37(29-13-11-23(17-27)33(21)35(25)29)38-30-14-12-24-18-28(40(4,5)6)16-22-8-10-26(20-32(38)42)36(30)34(22)24/h7-20,41-42H,1-6H3. The molecule has 0 atom stereocenters. The lowest BCUT2D eigenvalue weighted by molar-refractivity contribution is 0.471. The molecule has 42 heavy (non-hydrogen) atoms. The predicted octanol–water partition coefficient (Wildman–Crippen LogP) is 11.2. The van der Waals surface area contributed by atoms with E-state index in [1.165, 1.54) is 43.4 Å². The lowest BCUT2D eigenvalue weighted by Crippen LogP contribution is -2.10. The normalized spacial score (nSPS) is 13.2. The number of hydrogen-bond acceptors (Lipinski definition) is 2. The summed E-state index contributed by atoms with van der Waals surface area (Å²) in [6, 6.07) is 30.1. The molecule has 0 radical (unpaired) electrons. The van der Waals surface area contributed by atoms with Gasteiger partial charge in [0.2, 0.25) is 0 Å². The smallest absolute Gasteiger partial charge is 0.124 e. The predicted molar refractivity (Wildman–Crippen MR) is 180 cm³/mol. The minimum Gasteiger partial charge on any atom is -0.507 e. The molecule has 8 aromatic carbocycles. The number of aromatic hydroxyl groups is 2. The highest BCUT2D eigenvalue weighted by atomic mass is 16.3. The third kappa shape index (κ3) is 3.38. The molecule has 0 aliphatic heterocycles. The van der Waals surface area contributed by atoms with E-state index in [4.69, 9.17) is 0 Å². The van der Waals surface area contributed by atoms with Crippen LogP contribution >= 0.6 is 0 Å². The van der Waals surface area contributed by atoms with E-state index in [2.05, 4.69) is 114 Å². The monoisotopic (exact) mass is 546 g/mol. The molecular formula is C40H34O2. The summed E-state index contributed by atoms with van der Waals surface area (Å²) in [7, 11) is 0. The highest BCUT2D eigenvalue weighted by Crippen LogP contribution is 2.51. The van der Waals surface area contributed by atoms with Gasteiger partial charge < -0.3 is 10.2 Å². The molecule has 0 aliphatic rings. The molecular weight excluding hydrogens is 512 g/mol. The Kier molecular flexibility index (Phi) is 4.82. The van der Waals surface area contributed by atoms with E-state index in [0.717, 1.165) is 32.3 Å². The topological polar surface area (TPSA) is 40.5 Å². The minimum absolute atomic E-state index is 0.0367. The molecule has 206 valence electrons. The van der Waals surface area contributed by atoms with Gasteiger partial charge in [-0.15, -0.1) is 0 Å². The third-order valence-corrected chi connectivity index (χ3v) is 9.38. The molecule has 8 rings (SSSR count). The summed E-state index contributed by atoms with van der Waals surface area (Å²) < 4.78 is 0. The summed E-state index contributed by atoms with van der Waals surface area (Å²) in [5.41, 5.74) is 4.04. The van der Waals surface area contributed by atoms with Gasteiger partial charge in [0.1, 0.15) is 11.5 Å². The van der Waals surface area contributed by atoms with Gasteiger partial charge in [-0.3, -0.25) is 0 Å². The van der Waals surface area contributed by atoms with Gasteiger partial charge in [-0.05, 0) is 98.7 Å². The Morgan fingerprint density at radius 3 is 0.976 bits per heavy atom. The number of benzene rings is 8. The first-order valence-corrected chi connectivity index (χ1v) is 14.8. The van der Waals surface area contributed by atoms with Crippen molar-refractivity contribution in [2.45, 2.75) is 52.4 Å². The van der Waals surface area contributed by atoms with E-state index in [0.29, 0.717) is 11.1 Å². The molecule has 0 amide bonds. The highest BCUT2D eigenvalue weighted by molar-refractivity contribution is 6.30. The third-order valence-electron chi connectivity index (χ3n) is 9.38. The zero-order chi connectivity index (χ0) is 29.3. The average Bonchev–Trinajstić information content (AvgIpc) is 2.93. The van der Waals surface area contributed by atoms with Crippen LogP contribution in [0.3, 0.4) is 0 Å². The molecule has 0 fully saturated rings. The van der Waals surface area contributed by atoms with Crippen molar-refractivity contribution in [1.82, 2.24) is 0 Å². The molecule has 0 heterocycles. The molecule has 8 aromatic rings. The van der Waals surface area contributed by atoms with Crippen LogP contribution in [0.5, 0.6) is 11.5 Å². The van der Waals surface area contributed by atoms with Crippen molar-refractivity contribution >= 4 is 64.6 Å². The van der Waals surface area contributed by atoms with E-state index in [9.17, 15) is 10.2 Å². The molecule has 0 unspecified atom stereocenters. The van der Waals surface area contributed by atoms with Crippen LogP contribution in [-0.4, -0.2) is 10.2 Å². The maximum Gasteiger partial charge on any atom is 0.124 e. The SMILES string of the molecule is CC(C)(C)c1cc2ccc3cc(O)c(-c4c(O)cc5ccc6cc(C(C)(C)C)cc7ccc4c5c67)c4ccc(c1)c2c34. The Morgan fingerprint density at radius 1 is 0.381 bits per heavy atom. The first-order chi connectivity index (χ1) is 19.9. The Hall–Kier alpha value is -4.56. The van der Waals surface area contributed by atoms with Crippen molar-refractivity contribution in [3.05, 3.63) is 96.1 Å². The molecule has 0 aromatic heterocycles. The van der Waals surface area contributed by atoms with Gasteiger partial charge in [0, 0.05) is 11.1 Å². The molecule has 0 saturated carbocycles. The number of hydrogen-bond donors (Lipinski definition) is 2. The highest BCUT2D eigenvalue weighted by Gasteiger charge is 2.24. The maximum absolute atomic E-state index is 11.6. The first kappa shape index (κ1) is 25.2. The van der Waals surface area contributed by atoms with Crippen LogP contribution in [0.2, 0.25) is 0 Å². The van der Waals surface area contributed by atoms with Crippen molar-refractivity contribution in [3.63, 3.8) is 0 Å². The molecule has 0 spiro atoms. The molecule has 2 nitrogen and oxygen atoms in total. The van der Waals surface area contributed by atoms with Crippen molar-refractivity contribution in [2.75, 3.05) is 0 Å². The van der Waals surface area contributed by atoms with Crippen molar-refractivity contribution in [2.24, 2.45) is 0 Å². The Bertz CT molecular complexity index is 2170. The van der Waals surface area contributed by atoms with Crippen LogP contribution in [-0.2, 0) is 10.8 Å². The maximum atomic E-state index is 11.6. The number of rotatable bonds is 1. The minimum atomic E-state index is 0.0367. The van der Waals surface area contributed by atoms with Gasteiger partial charge in [-0.1, -0.05) is 114 Å². The Balaban J connectivity index is 1.50. The largest absolute Gasteiger partial charge is 0.507 e. The van der Waals surface area contributed by atoms with Gasteiger partial charge in [0.15, 0.2) is 0 Å². The average molecular weight is 547 g/mol. The van der Waals surface area contributed by atoms with E-state index < -0.39 is 0 Å². The molecule has 2 N–H and O–H groups in total. The fourth-order valence-electron chi connectivity index (χ4n) is 7.15. The zero-order valence-corrected chi connectivity index (χ0v) is 25.0. The molecule has 0 aliphatic carbocycles. The van der Waals surface area contributed by atoms with Crippen LogP contribution in [0.25, 0.3) is 75.8 Å². The number of phenols is 2. The Morgan fingerprint density at radius 2 is 0.667 bits per heavy atom. The number of phenolic OH excluding ortho intramolecular Hbond substituents is 2. The van der Waals surface area contributed by atoms with E-state index in [1.807, 2.05) is 12.1 Å².